The number of benzene rings is 1. The molecular formula is C11H11FO4. The van der Waals surface area contributed by atoms with Gasteiger partial charge in [0, 0.05) is 0 Å². The lowest BCUT2D eigenvalue weighted by Gasteiger charge is -2.07. The molecule has 16 heavy (non-hydrogen) atoms. The number of hydrogen-bond donors (Lipinski definition) is 0. The highest BCUT2D eigenvalue weighted by molar-refractivity contribution is 5.79. The third-order valence-electron chi connectivity index (χ3n) is 1.89. The summed E-state index contributed by atoms with van der Waals surface area (Å²) in [6, 6.07) is 3.59. The molecular weight excluding hydrogens is 215 g/mol. The minimum atomic E-state index is -0.512. The summed E-state index contributed by atoms with van der Waals surface area (Å²) in [7, 11) is 1.27. The third kappa shape index (κ3) is 3.34. The van der Waals surface area contributed by atoms with Gasteiger partial charge in [0.2, 0.25) is 0 Å². The van der Waals surface area contributed by atoms with Gasteiger partial charge in [0.15, 0.2) is 6.29 Å². The molecule has 1 aromatic carbocycles. The fourth-order valence-corrected chi connectivity index (χ4v) is 1.09. The molecule has 0 aliphatic carbocycles. The predicted molar refractivity (Wildman–Crippen MR) is 53.9 cm³/mol. The van der Waals surface area contributed by atoms with Gasteiger partial charge in [0.1, 0.15) is 11.6 Å². The van der Waals surface area contributed by atoms with Crippen LogP contribution >= 0.6 is 0 Å². The van der Waals surface area contributed by atoms with Gasteiger partial charge < -0.3 is 9.47 Å². The molecule has 1 rings (SSSR count). The fraction of sp³-hybridized carbons (Fsp3) is 0.273. The number of carbonyl (C=O) groups excluding carboxylic acids is 2. The number of halogens is 1. The molecule has 0 saturated heterocycles. The van der Waals surface area contributed by atoms with Gasteiger partial charge in [-0.3, -0.25) is 9.59 Å². The van der Waals surface area contributed by atoms with Crippen LogP contribution in [-0.4, -0.2) is 26.0 Å². The van der Waals surface area contributed by atoms with Crippen molar-refractivity contribution in [2.45, 2.75) is 6.42 Å². The molecule has 0 fully saturated rings. The van der Waals surface area contributed by atoms with E-state index in [1.165, 1.54) is 19.2 Å². The lowest BCUT2D eigenvalue weighted by molar-refractivity contribution is -0.141. The number of esters is 1. The topological polar surface area (TPSA) is 52.6 Å². The van der Waals surface area contributed by atoms with Crippen LogP contribution < -0.4 is 4.74 Å². The second-order valence-electron chi connectivity index (χ2n) is 2.97. The highest BCUT2D eigenvalue weighted by Crippen LogP contribution is 2.17. The summed E-state index contributed by atoms with van der Waals surface area (Å²) in [5.41, 5.74) is 0.116. The van der Waals surface area contributed by atoms with Crippen LogP contribution in [0.15, 0.2) is 18.2 Å². The SMILES string of the molecule is COC(=O)CCOc1ccc(F)cc1C=O. The van der Waals surface area contributed by atoms with E-state index in [9.17, 15) is 14.0 Å². The average molecular weight is 226 g/mol. The summed E-state index contributed by atoms with van der Waals surface area (Å²) in [6.07, 6.45) is 0.572. The average Bonchev–Trinajstić information content (AvgIpc) is 2.30. The Kier molecular flexibility index (Phi) is 4.44. The smallest absolute Gasteiger partial charge is 0.308 e. The van der Waals surface area contributed by atoms with E-state index >= 15 is 0 Å². The Morgan fingerprint density at radius 1 is 1.50 bits per heavy atom. The van der Waals surface area contributed by atoms with Crippen molar-refractivity contribution >= 4 is 12.3 Å². The Morgan fingerprint density at radius 2 is 2.25 bits per heavy atom. The first kappa shape index (κ1) is 12.2. The largest absolute Gasteiger partial charge is 0.492 e. The number of rotatable bonds is 5. The van der Waals surface area contributed by atoms with Gasteiger partial charge in [-0.1, -0.05) is 0 Å². The van der Waals surface area contributed by atoms with Crippen LogP contribution in [-0.2, 0) is 9.53 Å². The highest BCUT2D eigenvalue weighted by atomic mass is 19.1. The molecule has 0 spiro atoms. The second kappa shape index (κ2) is 5.85. The molecule has 0 aromatic heterocycles. The van der Waals surface area contributed by atoms with Crippen molar-refractivity contribution in [3.8, 4) is 5.75 Å². The van der Waals surface area contributed by atoms with Gasteiger partial charge >= 0.3 is 5.97 Å². The van der Waals surface area contributed by atoms with E-state index in [0.717, 1.165) is 6.07 Å². The molecule has 0 bridgehead atoms. The molecule has 1 aromatic rings. The van der Waals surface area contributed by atoms with E-state index < -0.39 is 11.8 Å². The first-order chi connectivity index (χ1) is 7.67. The Morgan fingerprint density at radius 3 is 2.88 bits per heavy atom. The molecule has 0 atom stereocenters. The summed E-state index contributed by atoms with van der Waals surface area (Å²) >= 11 is 0. The third-order valence-corrected chi connectivity index (χ3v) is 1.89. The quantitative estimate of drug-likeness (QED) is 0.565. The Bertz CT molecular complexity index is 390. The van der Waals surface area contributed by atoms with Crippen molar-refractivity contribution in [2.75, 3.05) is 13.7 Å². The number of carbonyl (C=O) groups is 2. The standard InChI is InChI=1S/C11H11FO4/c1-15-11(14)4-5-16-10-3-2-9(12)6-8(10)7-13/h2-3,6-7H,4-5H2,1H3. The van der Waals surface area contributed by atoms with Gasteiger partial charge in [-0.2, -0.15) is 0 Å². The van der Waals surface area contributed by atoms with E-state index in [2.05, 4.69) is 4.74 Å². The minimum Gasteiger partial charge on any atom is -0.492 e. The van der Waals surface area contributed by atoms with Crippen molar-refractivity contribution in [3.63, 3.8) is 0 Å². The number of aldehydes is 1. The van der Waals surface area contributed by atoms with Gasteiger partial charge in [0.25, 0.3) is 0 Å². The Balaban J connectivity index is 2.60. The van der Waals surface area contributed by atoms with Crippen molar-refractivity contribution in [3.05, 3.63) is 29.6 Å². The number of ether oxygens (including phenoxy) is 2. The van der Waals surface area contributed by atoms with Crippen LogP contribution in [0.2, 0.25) is 0 Å². The molecule has 0 heterocycles. The Hall–Kier alpha value is -1.91. The van der Waals surface area contributed by atoms with Crippen LogP contribution in [0.3, 0.4) is 0 Å². The molecule has 0 unspecified atom stereocenters. The highest BCUT2D eigenvalue weighted by Gasteiger charge is 2.06. The van der Waals surface area contributed by atoms with E-state index in [1.807, 2.05) is 0 Å². The van der Waals surface area contributed by atoms with Crippen LogP contribution in [0.25, 0.3) is 0 Å². The van der Waals surface area contributed by atoms with Crippen molar-refractivity contribution < 1.29 is 23.5 Å². The second-order valence-corrected chi connectivity index (χ2v) is 2.97. The van der Waals surface area contributed by atoms with E-state index in [0.29, 0.717) is 6.29 Å². The molecule has 0 radical (unpaired) electrons. The molecule has 4 nitrogen and oxygen atoms in total. The molecule has 0 aliphatic rings. The van der Waals surface area contributed by atoms with Crippen molar-refractivity contribution in [2.24, 2.45) is 0 Å². The summed E-state index contributed by atoms with van der Waals surface area (Å²) in [4.78, 5) is 21.4. The van der Waals surface area contributed by atoms with E-state index in [4.69, 9.17) is 4.74 Å². The van der Waals surface area contributed by atoms with Gasteiger partial charge in [-0.25, -0.2) is 4.39 Å². The summed E-state index contributed by atoms with van der Waals surface area (Å²) in [5, 5.41) is 0. The van der Waals surface area contributed by atoms with Gasteiger partial charge in [0.05, 0.1) is 25.7 Å². The van der Waals surface area contributed by atoms with Crippen molar-refractivity contribution in [1.82, 2.24) is 0 Å². The fourth-order valence-electron chi connectivity index (χ4n) is 1.09. The molecule has 0 aliphatic heterocycles. The van der Waals surface area contributed by atoms with Crippen LogP contribution in [0.5, 0.6) is 5.75 Å². The minimum absolute atomic E-state index is 0.0756. The molecule has 5 heteroatoms. The zero-order chi connectivity index (χ0) is 12.0. The van der Waals surface area contributed by atoms with Crippen LogP contribution in [0, 0.1) is 5.82 Å². The molecule has 0 N–H and O–H groups in total. The maximum absolute atomic E-state index is 12.8. The number of methoxy groups -OCH3 is 1. The molecule has 86 valence electrons. The number of hydrogen-bond acceptors (Lipinski definition) is 4. The monoisotopic (exact) mass is 226 g/mol. The summed E-state index contributed by atoms with van der Waals surface area (Å²) in [6.45, 7) is 0.0825. The first-order valence-electron chi connectivity index (χ1n) is 4.61. The zero-order valence-corrected chi connectivity index (χ0v) is 8.73. The first-order valence-corrected chi connectivity index (χ1v) is 4.61. The van der Waals surface area contributed by atoms with E-state index in [1.54, 1.807) is 0 Å². The van der Waals surface area contributed by atoms with Crippen LogP contribution in [0.4, 0.5) is 4.39 Å². The van der Waals surface area contributed by atoms with Crippen LogP contribution in [0.1, 0.15) is 16.8 Å². The lowest BCUT2D eigenvalue weighted by atomic mass is 10.2. The van der Waals surface area contributed by atoms with Gasteiger partial charge in [-0.15, -0.1) is 0 Å². The Labute approximate surface area is 92.0 Å². The summed E-state index contributed by atoms with van der Waals surface area (Å²) < 4.78 is 22.3. The normalized spacial score (nSPS) is 9.62. The predicted octanol–water partition coefficient (Wildman–Crippen LogP) is 1.58. The summed E-state index contributed by atoms with van der Waals surface area (Å²) in [5.74, 6) is -0.669. The van der Waals surface area contributed by atoms with E-state index in [-0.39, 0.29) is 24.3 Å². The zero-order valence-electron chi connectivity index (χ0n) is 8.73. The molecule has 0 saturated carbocycles. The van der Waals surface area contributed by atoms with Crippen molar-refractivity contribution in [1.29, 1.82) is 0 Å². The lowest BCUT2D eigenvalue weighted by Crippen LogP contribution is -2.08. The maximum atomic E-state index is 12.8. The van der Waals surface area contributed by atoms with Gasteiger partial charge in [-0.05, 0) is 18.2 Å². The molecule has 0 amide bonds. The maximum Gasteiger partial charge on any atom is 0.308 e.